The molecule has 0 amide bonds. The summed E-state index contributed by atoms with van der Waals surface area (Å²) >= 11 is 0.979. The second kappa shape index (κ2) is 8.38. The van der Waals surface area contributed by atoms with E-state index in [2.05, 4.69) is 0 Å². The van der Waals surface area contributed by atoms with Gasteiger partial charge in [-0.2, -0.15) is 5.26 Å². The number of aromatic nitrogens is 1. The molecule has 2 heterocycles. The highest BCUT2D eigenvalue weighted by Gasteiger charge is 2.21. The van der Waals surface area contributed by atoms with Crippen LogP contribution < -0.4 is 14.8 Å². The number of ketones is 1. The van der Waals surface area contributed by atoms with Gasteiger partial charge in [0, 0.05) is 6.08 Å². The Balaban J connectivity index is 2.09. The van der Waals surface area contributed by atoms with Crippen LogP contribution in [0.15, 0.2) is 76.1 Å². The van der Waals surface area contributed by atoms with E-state index in [4.69, 9.17) is 4.42 Å². The molecule has 0 spiro atoms. The van der Waals surface area contributed by atoms with E-state index in [1.807, 2.05) is 19.1 Å². The Morgan fingerprint density at radius 1 is 1.16 bits per heavy atom. The van der Waals surface area contributed by atoms with E-state index < -0.39 is 17.2 Å². The van der Waals surface area contributed by atoms with Crippen LogP contribution in [0.4, 0.5) is 4.39 Å². The number of nitriles is 1. The lowest BCUT2D eigenvalue weighted by atomic mass is 10.0. The second-order valence-electron chi connectivity index (χ2n) is 6.71. The number of nitrogens with zero attached hydrogens (tertiary/aromatic N) is 2. The molecule has 152 valence electrons. The minimum absolute atomic E-state index is 0.129. The molecule has 0 aliphatic carbocycles. The number of rotatable bonds is 4. The number of halogens is 1. The molecule has 2 aromatic heterocycles. The molecule has 31 heavy (non-hydrogen) atoms. The number of furan rings is 1. The van der Waals surface area contributed by atoms with Crippen molar-refractivity contribution in [1.82, 2.24) is 4.57 Å². The number of Topliss-reactive ketones (excluding diaryl/α,β-unsaturated/α-hetero) is 1. The van der Waals surface area contributed by atoms with E-state index in [0.29, 0.717) is 11.4 Å². The predicted molar refractivity (Wildman–Crippen MR) is 116 cm³/mol. The Hall–Kier alpha value is -4.02. The Labute approximate surface area is 180 Å². The van der Waals surface area contributed by atoms with Crippen molar-refractivity contribution in [1.29, 1.82) is 5.26 Å². The summed E-state index contributed by atoms with van der Waals surface area (Å²) < 4.78 is 21.3. The fraction of sp³-hybridized carbons (Fsp3) is 0.0417. The highest BCUT2D eigenvalue weighted by atomic mass is 32.1. The Morgan fingerprint density at radius 2 is 1.97 bits per heavy atom. The third-order valence-corrected chi connectivity index (χ3v) is 5.66. The van der Waals surface area contributed by atoms with Gasteiger partial charge in [-0.15, -0.1) is 11.3 Å². The van der Waals surface area contributed by atoms with Gasteiger partial charge >= 0.3 is 0 Å². The Morgan fingerprint density at radius 3 is 2.65 bits per heavy atom. The van der Waals surface area contributed by atoms with E-state index in [9.17, 15) is 19.2 Å². The molecule has 4 aromatic rings. The first kappa shape index (κ1) is 20.3. The molecule has 2 aromatic carbocycles. The highest BCUT2D eigenvalue weighted by molar-refractivity contribution is 7.07. The molecular formula is C24H15FN2O3S. The molecule has 0 atom stereocenters. The second-order valence-corrected chi connectivity index (χ2v) is 7.74. The van der Waals surface area contributed by atoms with E-state index in [1.165, 1.54) is 29.0 Å². The molecule has 0 unspecified atom stereocenters. The standard InChI is InChI=1S/C24H15FN2O3S/c1-15-6-4-7-16(12-15)27-23(29)21(13-17-8-5-11-30-17)31-24(27)19(14-26)22(28)18-9-2-3-10-20(18)25/h2-13H,1H3. The summed E-state index contributed by atoms with van der Waals surface area (Å²) in [6.07, 6.45) is 3.03. The maximum Gasteiger partial charge on any atom is 0.273 e. The fourth-order valence-electron chi connectivity index (χ4n) is 3.13. The van der Waals surface area contributed by atoms with Crippen LogP contribution in [-0.2, 0) is 0 Å². The van der Waals surface area contributed by atoms with Crippen molar-refractivity contribution >= 4 is 28.8 Å². The lowest BCUT2D eigenvalue weighted by Gasteiger charge is -2.05. The number of thiazole rings is 1. The third-order valence-electron chi connectivity index (χ3n) is 4.57. The van der Waals surface area contributed by atoms with Gasteiger partial charge in [0.15, 0.2) is 0 Å². The molecule has 0 fully saturated rings. The van der Waals surface area contributed by atoms with Crippen molar-refractivity contribution in [2.75, 3.05) is 0 Å². The normalized spacial score (nSPS) is 12.5. The van der Waals surface area contributed by atoms with Crippen LogP contribution >= 0.6 is 11.3 Å². The molecule has 5 nitrogen and oxygen atoms in total. The van der Waals surface area contributed by atoms with Gasteiger partial charge in [0.05, 0.1) is 22.0 Å². The van der Waals surface area contributed by atoms with Gasteiger partial charge in [-0.05, 0) is 48.9 Å². The van der Waals surface area contributed by atoms with Crippen LogP contribution in [0.3, 0.4) is 0 Å². The van der Waals surface area contributed by atoms with Crippen molar-refractivity contribution in [2.45, 2.75) is 6.92 Å². The SMILES string of the molecule is Cc1cccc(-n2c(=C(C#N)C(=O)c3ccccc3F)sc(=Cc3ccco3)c2=O)c1. The zero-order valence-electron chi connectivity index (χ0n) is 16.3. The maximum absolute atomic E-state index is 14.2. The van der Waals surface area contributed by atoms with Gasteiger partial charge in [0.2, 0.25) is 5.78 Å². The molecule has 0 bridgehead atoms. The van der Waals surface area contributed by atoms with Crippen LogP contribution in [0.2, 0.25) is 0 Å². The zero-order valence-corrected chi connectivity index (χ0v) is 17.2. The van der Waals surface area contributed by atoms with Gasteiger partial charge in [0.25, 0.3) is 5.56 Å². The molecule has 0 radical (unpaired) electrons. The average molecular weight is 430 g/mol. The van der Waals surface area contributed by atoms with Crippen LogP contribution in [0.5, 0.6) is 0 Å². The first-order valence-electron chi connectivity index (χ1n) is 9.27. The van der Waals surface area contributed by atoms with Gasteiger partial charge < -0.3 is 4.42 Å². The Bertz CT molecular complexity index is 1510. The maximum atomic E-state index is 14.2. The largest absolute Gasteiger partial charge is 0.465 e. The minimum Gasteiger partial charge on any atom is -0.465 e. The zero-order chi connectivity index (χ0) is 22.0. The first-order valence-corrected chi connectivity index (χ1v) is 10.1. The van der Waals surface area contributed by atoms with Gasteiger partial charge in [-0.1, -0.05) is 24.3 Å². The van der Waals surface area contributed by atoms with E-state index in [0.717, 1.165) is 23.0 Å². The summed E-state index contributed by atoms with van der Waals surface area (Å²) in [5, 5.41) is 9.82. The van der Waals surface area contributed by atoms with Crippen molar-refractivity contribution in [2.24, 2.45) is 0 Å². The van der Waals surface area contributed by atoms with Crippen LogP contribution in [0.1, 0.15) is 21.7 Å². The van der Waals surface area contributed by atoms with Gasteiger partial charge in [-0.3, -0.25) is 14.2 Å². The molecule has 0 N–H and O–H groups in total. The molecule has 0 saturated heterocycles. The molecule has 0 aliphatic rings. The minimum atomic E-state index is -0.784. The molecule has 7 heteroatoms. The predicted octanol–water partition coefficient (Wildman–Crippen LogP) is 3.33. The number of hydrogen-bond donors (Lipinski definition) is 0. The number of hydrogen-bond acceptors (Lipinski definition) is 5. The molecular weight excluding hydrogens is 415 g/mol. The molecule has 4 rings (SSSR count). The molecule has 0 aliphatic heterocycles. The van der Waals surface area contributed by atoms with E-state index >= 15 is 0 Å². The number of carbonyl (C=O) groups is 1. The Kier molecular flexibility index (Phi) is 5.48. The van der Waals surface area contributed by atoms with E-state index in [-0.39, 0.29) is 20.3 Å². The van der Waals surface area contributed by atoms with Gasteiger partial charge in [0.1, 0.15) is 27.9 Å². The first-order chi connectivity index (χ1) is 15.0. The summed E-state index contributed by atoms with van der Waals surface area (Å²) in [5.74, 6) is -1.06. The van der Waals surface area contributed by atoms with Crippen molar-refractivity contribution in [3.63, 3.8) is 0 Å². The third kappa shape index (κ3) is 3.89. The van der Waals surface area contributed by atoms with Crippen molar-refractivity contribution in [3.8, 4) is 11.8 Å². The highest BCUT2D eigenvalue weighted by Crippen LogP contribution is 2.14. The summed E-state index contributed by atoms with van der Waals surface area (Å²) in [7, 11) is 0. The monoisotopic (exact) mass is 430 g/mol. The summed E-state index contributed by atoms with van der Waals surface area (Å²) in [5.41, 5.74) is 0.456. The van der Waals surface area contributed by atoms with Crippen LogP contribution in [0.25, 0.3) is 17.3 Å². The van der Waals surface area contributed by atoms with Crippen LogP contribution in [0, 0.1) is 24.1 Å². The number of aryl methyl sites for hydroxylation is 1. The number of benzene rings is 2. The lowest BCUT2D eigenvalue weighted by Crippen LogP contribution is -2.31. The number of carbonyl (C=O) groups excluding carboxylic acids is 1. The van der Waals surface area contributed by atoms with Crippen LogP contribution in [-0.4, -0.2) is 10.4 Å². The smallest absolute Gasteiger partial charge is 0.273 e. The topological polar surface area (TPSA) is 76.0 Å². The fourth-order valence-corrected chi connectivity index (χ4v) is 4.21. The van der Waals surface area contributed by atoms with Gasteiger partial charge in [-0.25, -0.2) is 4.39 Å². The average Bonchev–Trinajstić information content (AvgIpc) is 3.37. The summed E-state index contributed by atoms with van der Waals surface area (Å²) in [4.78, 5) is 26.3. The summed E-state index contributed by atoms with van der Waals surface area (Å²) in [6, 6.07) is 17.8. The summed E-state index contributed by atoms with van der Waals surface area (Å²) in [6.45, 7) is 1.87. The lowest BCUT2D eigenvalue weighted by molar-refractivity contribution is 0.105. The van der Waals surface area contributed by atoms with Crippen molar-refractivity contribution < 1.29 is 13.6 Å². The quantitative estimate of drug-likeness (QED) is 0.466. The van der Waals surface area contributed by atoms with Crippen molar-refractivity contribution in [3.05, 3.63) is 109 Å². The molecule has 0 saturated carbocycles. The van der Waals surface area contributed by atoms with E-state index in [1.54, 1.807) is 36.4 Å².